The van der Waals surface area contributed by atoms with E-state index in [4.69, 9.17) is 5.14 Å². The molecule has 1 rings (SSSR count). The van der Waals surface area contributed by atoms with E-state index in [1.54, 1.807) is 30.3 Å². The zero-order valence-electron chi connectivity index (χ0n) is 7.46. The number of nitrogens with two attached hydrogens (primary N) is 1. The maximum Gasteiger partial charge on any atom is 0.216 e. The predicted octanol–water partition coefficient (Wildman–Crippen LogP) is 0.605. The minimum Gasteiger partial charge on any atom is -0.303 e. The molecule has 4 nitrogen and oxygen atoms in total. The van der Waals surface area contributed by atoms with Gasteiger partial charge in [-0.15, -0.1) is 0 Å². The molecule has 0 radical (unpaired) electrons. The lowest BCUT2D eigenvalue weighted by Gasteiger charge is -2.11. The third-order valence-corrected chi connectivity index (χ3v) is 3.14. The lowest BCUT2D eigenvalue weighted by atomic mass is 10.1. The van der Waals surface area contributed by atoms with Crippen LogP contribution in [0.1, 0.15) is 17.2 Å². The van der Waals surface area contributed by atoms with Crippen molar-refractivity contribution in [1.29, 1.82) is 0 Å². The Bertz CT molecular complexity index is 399. The van der Waals surface area contributed by atoms with Crippen LogP contribution in [0.2, 0.25) is 0 Å². The van der Waals surface area contributed by atoms with E-state index in [1.165, 1.54) is 0 Å². The number of rotatable bonds is 4. The lowest BCUT2D eigenvalue weighted by Crippen LogP contribution is -2.22. The van der Waals surface area contributed by atoms with E-state index in [2.05, 4.69) is 0 Å². The van der Waals surface area contributed by atoms with Gasteiger partial charge in [0.1, 0.15) is 11.5 Å². The number of benzene rings is 1. The Morgan fingerprint density at radius 1 is 1.29 bits per heavy atom. The first-order valence-electron chi connectivity index (χ1n) is 4.06. The minimum atomic E-state index is -3.71. The number of carbonyl (C=O) groups is 1. The minimum absolute atomic E-state index is 0.108. The van der Waals surface area contributed by atoms with Gasteiger partial charge in [-0.1, -0.05) is 30.3 Å². The zero-order valence-corrected chi connectivity index (χ0v) is 8.28. The number of carbonyl (C=O) groups excluding carboxylic acids is 1. The molecular formula is C9H11NO3S. The van der Waals surface area contributed by atoms with E-state index in [1.807, 2.05) is 0 Å². The Hall–Kier alpha value is -1.20. The number of hydrogen-bond donors (Lipinski definition) is 1. The van der Waals surface area contributed by atoms with Crippen molar-refractivity contribution < 1.29 is 13.2 Å². The Balaban J connectivity index is 3.07. The quantitative estimate of drug-likeness (QED) is 0.744. The van der Waals surface area contributed by atoms with Crippen molar-refractivity contribution in [3.05, 3.63) is 35.9 Å². The topological polar surface area (TPSA) is 77.2 Å². The van der Waals surface area contributed by atoms with Gasteiger partial charge in [0.05, 0.1) is 0 Å². The molecule has 1 unspecified atom stereocenters. The van der Waals surface area contributed by atoms with Gasteiger partial charge in [0.15, 0.2) is 0 Å². The molecule has 14 heavy (non-hydrogen) atoms. The van der Waals surface area contributed by atoms with Gasteiger partial charge in [-0.05, 0) is 5.56 Å². The van der Waals surface area contributed by atoms with Crippen LogP contribution in [0.5, 0.6) is 0 Å². The first-order chi connectivity index (χ1) is 6.55. The summed E-state index contributed by atoms with van der Waals surface area (Å²) in [5.41, 5.74) is 0.544. The van der Waals surface area contributed by atoms with Gasteiger partial charge in [-0.25, -0.2) is 13.6 Å². The van der Waals surface area contributed by atoms with Crippen molar-refractivity contribution in [3.8, 4) is 0 Å². The second-order valence-corrected chi connectivity index (χ2v) is 4.64. The molecule has 0 heterocycles. The van der Waals surface area contributed by atoms with Gasteiger partial charge in [0.25, 0.3) is 0 Å². The molecule has 1 aromatic carbocycles. The summed E-state index contributed by atoms with van der Waals surface area (Å²) in [5.74, 6) is 0. The van der Waals surface area contributed by atoms with Gasteiger partial charge >= 0.3 is 0 Å². The molecule has 0 aromatic heterocycles. The molecule has 0 aliphatic carbocycles. The van der Waals surface area contributed by atoms with E-state index in [9.17, 15) is 13.2 Å². The highest BCUT2D eigenvalue weighted by Crippen LogP contribution is 2.22. The number of primary sulfonamides is 1. The molecule has 5 heteroatoms. The van der Waals surface area contributed by atoms with Crippen molar-refractivity contribution in [2.75, 3.05) is 0 Å². The molecule has 0 saturated carbocycles. The highest BCUT2D eigenvalue weighted by molar-refractivity contribution is 7.89. The van der Waals surface area contributed by atoms with Crippen LogP contribution in [0, 0.1) is 0 Å². The second kappa shape index (κ2) is 4.34. The molecule has 0 bridgehead atoms. The van der Waals surface area contributed by atoms with E-state index >= 15 is 0 Å². The van der Waals surface area contributed by atoms with Crippen molar-refractivity contribution >= 4 is 16.3 Å². The molecule has 2 N–H and O–H groups in total. The van der Waals surface area contributed by atoms with E-state index in [-0.39, 0.29) is 6.42 Å². The van der Waals surface area contributed by atoms with E-state index in [0.717, 1.165) is 0 Å². The first-order valence-corrected chi connectivity index (χ1v) is 5.67. The monoisotopic (exact) mass is 213 g/mol. The summed E-state index contributed by atoms with van der Waals surface area (Å²) in [6, 6.07) is 8.46. The van der Waals surface area contributed by atoms with Crippen LogP contribution in [0.15, 0.2) is 30.3 Å². The molecule has 0 aliphatic rings. The van der Waals surface area contributed by atoms with Crippen LogP contribution >= 0.6 is 0 Å². The molecule has 0 saturated heterocycles. The molecule has 1 aromatic rings. The largest absolute Gasteiger partial charge is 0.303 e. The maximum absolute atomic E-state index is 11.1. The molecule has 0 fully saturated rings. The van der Waals surface area contributed by atoms with Crippen LogP contribution in [-0.4, -0.2) is 14.7 Å². The highest BCUT2D eigenvalue weighted by atomic mass is 32.2. The smallest absolute Gasteiger partial charge is 0.216 e. The molecule has 76 valence electrons. The second-order valence-electron chi connectivity index (χ2n) is 2.89. The third kappa shape index (κ3) is 2.65. The summed E-state index contributed by atoms with van der Waals surface area (Å²) in [4.78, 5) is 10.3. The Labute approximate surface area is 82.8 Å². The fourth-order valence-corrected chi connectivity index (χ4v) is 2.10. The maximum atomic E-state index is 11.1. The number of aldehydes is 1. The zero-order chi connectivity index (χ0) is 10.6. The van der Waals surface area contributed by atoms with Crippen LogP contribution in [0.25, 0.3) is 0 Å². The summed E-state index contributed by atoms with van der Waals surface area (Å²) in [7, 11) is -3.71. The summed E-state index contributed by atoms with van der Waals surface area (Å²) in [6.07, 6.45) is 0.449. The number of sulfonamides is 1. The van der Waals surface area contributed by atoms with Gasteiger partial charge < -0.3 is 4.79 Å². The summed E-state index contributed by atoms with van der Waals surface area (Å²) in [6.45, 7) is 0. The van der Waals surface area contributed by atoms with E-state index < -0.39 is 15.3 Å². The van der Waals surface area contributed by atoms with Gasteiger partial charge in [0.2, 0.25) is 10.0 Å². The van der Waals surface area contributed by atoms with Crippen LogP contribution in [0.3, 0.4) is 0 Å². The van der Waals surface area contributed by atoms with Crippen molar-refractivity contribution in [2.24, 2.45) is 5.14 Å². The lowest BCUT2D eigenvalue weighted by molar-refractivity contribution is -0.107. The average molecular weight is 213 g/mol. The average Bonchev–Trinajstić information content (AvgIpc) is 2.14. The molecular weight excluding hydrogens is 202 g/mol. The summed E-state index contributed by atoms with van der Waals surface area (Å²) < 4.78 is 22.3. The van der Waals surface area contributed by atoms with E-state index in [0.29, 0.717) is 11.8 Å². The first kappa shape index (κ1) is 10.9. The fraction of sp³-hybridized carbons (Fsp3) is 0.222. The van der Waals surface area contributed by atoms with Crippen LogP contribution in [0.4, 0.5) is 0 Å². The van der Waals surface area contributed by atoms with Gasteiger partial charge in [-0.2, -0.15) is 0 Å². The van der Waals surface area contributed by atoms with Crippen molar-refractivity contribution in [2.45, 2.75) is 11.7 Å². The fourth-order valence-electron chi connectivity index (χ4n) is 1.21. The normalized spacial score (nSPS) is 13.5. The Morgan fingerprint density at radius 2 is 1.86 bits per heavy atom. The highest BCUT2D eigenvalue weighted by Gasteiger charge is 2.22. The third-order valence-electron chi connectivity index (χ3n) is 1.88. The van der Waals surface area contributed by atoms with Crippen LogP contribution in [-0.2, 0) is 14.8 Å². The molecule has 0 spiro atoms. The Morgan fingerprint density at radius 3 is 2.29 bits per heavy atom. The molecule has 0 amide bonds. The standard InChI is InChI=1S/C9H11NO3S/c10-14(12,13)9(6-7-11)8-4-2-1-3-5-8/h1-5,7,9H,6H2,(H2,10,12,13). The predicted molar refractivity (Wildman–Crippen MR) is 53.0 cm³/mol. The van der Waals surface area contributed by atoms with Crippen molar-refractivity contribution in [3.63, 3.8) is 0 Å². The molecule has 1 atom stereocenters. The number of hydrogen-bond acceptors (Lipinski definition) is 3. The Kier molecular flexibility index (Phi) is 3.38. The van der Waals surface area contributed by atoms with Crippen molar-refractivity contribution in [1.82, 2.24) is 0 Å². The molecule has 0 aliphatic heterocycles. The van der Waals surface area contributed by atoms with Gasteiger partial charge in [-0.3, -0.25) is 0 Å². The van der Waals surface area contributed by atoms with Crippen LogP contribution < -0.4 is 5.14 Å². The van der Waals surface area contributed by atoms with Gasteiger partial charge in [0, 0.05) is 6.42 Å². The summed E-state index contributed by atoms with van der Waals surface area (Å²) in [5, 5.41) is 4.08. The SMILES string of the molecule is NS(=O)(=O)C(CC=O)c1ccccc1. The summed E-state index contributed by atoms with van der Waals surface area (Å²) >= 11 is 0.